The smallest absolute Gasteiger partial charge is 0.0968 e. The summed E-state index contributed by atoms with van der Waals surface area (Å²) in [6.07, 6.45) is 1.09. The van der Waals surface area contributed by atoms with Crippen LogP contribution in [-0.4, -0.2) is 16.8 Å². The number of hydrogen-bond acceptors (Lipinski definition) is 3. The van der Waals surface area contributed by atoms with E-state index in [1.54, 1.807) is 11.8 Å². The highest BCUT2D eigenvalue weighted by atomic mass is 32.2. The number of nitrogens with zero attached hydrogens (tertiary/aromatic N) is 1. The predicted octanol–water partition coefficient (Wildman–Crippen LogP) is 2.53. The highest BCUT2D eigenvalue weighted by Gasteiger charge is 2.07. The van der Waals surface area contributed by atoms with Crippen molar-refractivity contribution in [2.24, 2.45) is 5.73 Å². The minimum atomic E-state index is 0.490. The number of pyridine rings is 1. The molecule has 0 saturated carbocycles. The zero-order valence-corrected chi connectivity index (χ0v) is 9.90. The highest BCUT2D eigenvalue weighted by molar-refractivity contribution is 7.99. The molecular weight excluding hydrogens is 192 g/mol. The lowest BCUT2D eigenvalue weighted by atomic mass is 10.3. The second-order valence-corrected chi connectivity index (χ2v) is 4.83. The van der Waals surface area contributed by atoms with Crippen LogP contribution < -0.4 is 5.73 Å². The van der Waals surface area contributed by atoms with Gasteiger partial charge in [-0.2, -0.15) is 0 Å². The van der Waals surface area contributed by atoms with Gasteiger partial charge in [-0.1, -0.05) is 6.92 Å². The van der Waals surface area contributed by atoms with E-state index in [2.05, 4.69) is 31.0 Å². The summed E-state index contributed by atoms with van der Waals surface area (Å²) in [7, 11) is 0. The zero-order valence-electron chi connectivity index (χ0n) is 9.08. The van der Waals surface area contributed by atoms with Crippen molar-refractivity contribution in [2.75, 3.05) is 6.54 Å². The van der Waals surface area contributed by atoms with E-state index in [1.165, 1.54) is 5.56 Å². The molecule has 0 aliphatic carbocycles. The minimum absolute atomic E-state index is 0.490. The number of thioether (sulfide) groups is 1. The summed E-state index contributed by atoms with van der Waals surface area (Å²) >= 11 is 1.78. The van der Waals surface area contributed by atoms with Crippen LogP contribution in [0.5, 0.6) is 0 Å². The van der Waals surface area contributed by atoms with E-state index < -0.39 is 0 Å². The lowest BCUT2D eigenvalue weighted by molar-refractivity contribution is 0.823. The fraction of sp³-hybridized carbons (Fsp3) is 0.545. The Morgan fingerprint density at radius 2 is 2.14 bits per heavy atom. The van der Waals surface area contributed by atoms with E-state index in [9.17, 15) is 0 Å². The van der Waals surface area contributed by atoms with Crippen LogP contribution in [0.4, 0.5) is 0 Å². The van der Waals surface area contributed by atoms with Crippen LogP contribution in [0.2, 0.25) is 0 Å². The van der Waals surface area contributed by atoms with Gasteiger partial charge in [-0.25, -0.2) is 4.98 Å². The molecule has 0 saturated heterocycles. The first-order chi connectivity index (χ1) is 6.65. The predicted molar refractivity (Wildman–Crippen MR) is 62.7 cm³/mol. The Morgan fingerprint density at radius 1 is 1.43 bits per heavy atom. The van der Waals surface area contributed by atoms with Crippen molar-refractivity contribution in [1.29, 1.82) is 0 Å². The van der Waals surface area contributed by atoms with Gasteiger partial charge in [0.1, 0.15) is 0 Å². The van der Waals surface area contributed by atoms with E-state index in [0.29, 0.717) is 5.25 Å². The SMILES string of the molecule is CCC(CN)Sc1cc(C)cc(C)n1. The Balaban J connectivity index is 2.75. The fourth-order valence-electron chi connectivity index (χ4n) is 1.33. The molecule has 1 aromatic heterocycles. The van der Waals surface area contributed by atoms with Crippen molar-refractivity contribution in [3.8, 4) is 0 Å². The second-order valence-electron chi connectivity index (χ2n) is 3.51. The van der Waals surface area contributed by atoms with Gasteiger partial charge in [-0.3, -0.25) is 0 Å². The molecule has 0 aromatic carbocycles. The van der Waals surface area contributed by atoms with Crippen molar-refractivity contribution in [3.05, 3.63) is 23.4 Å². The van der Waals surface area contributed by atoms with E-state index in [1.807, 2.05) is 6.92 Å². The molecule has 0 aliphatic rings. The van der Waals surface area contributed by atoms with Crippen LogP contribution in [0.3, 0.4) is 0 Å². The molecule has 1 atom stereocenters. The lowest BCUT2D eigenvalue weighted by Gasteiger charge is -2.11. The third-order valence-electron chi connectivity index (χ3n) is 2.08. The Hall–Kier alpha value is -0.540. The van der Waals surface area contributed by atoms with Crippen molar-refractivity contribution >= 4 is 11.8 Å². The largest absolute Gasteiger partial charge is 0.329 e. The summed E-state index contributed by atoms with van der Waals surface area (Å²) in [5, 5.41) is 1.59. The van der Waals surface area contributed by atoms with Gasteiger partial charge in [0, 0.05) is 17.5 Å². The molecule has 0 radical (unpaired) electrons. The van der Waals surface area contributed by atoms with E-state index in [4.69, 9.17) is 5.73 Å². The molecule has 14 heavy (non-hydrogen) atoms. The summed E-state index contributed by atoms with van der Waals surface area (Å²) in [5.41, 5.74) is 8.01. The van der Waals surface area contributed by atoms with E-state index >= 15 is 0 Å². The molecule has 0 aliphatic heterocycles. The highest BCUT2D eigenvalue weighted by Crippen LogP contribution is 2.23. The average Bonchev–Trinajstić information content (AvgIpc) is 2.12. The van der Waals surface area contributed by atoms with Gasteiger partial charge in [0.2, 0.25) is 0 Å². The van der Waals surface area contributed by atoms with Crippen molar-refractivity contribution < 1.29 is 0 Å². The first-order valence-electron chi connectivity index (χ1n) is 4.97. The average molecular weight is 210 g/mol. The maximum Gasteiger partial charge on any atom is 0.0968 e. The number of rotatable bonds is 4. The molecule has 1 rings (SSSR count). The normalized spacial score (nSPS) is 12.9. The molecular formula is C11H18N2S. The monoisotopic (exact) mass is 210 g/mol. The number of aromatic nitrogens is 1. The molecule has 1 unspecified atom stereocenters. The molecule has 0 fully saturated rings. The number of hydrogen-bond donors (Lipinski definition) is 1. The van der Waals surface area contributed by atoms with Gasteiger partial charge < -0.3 is 5.73 Å². The van der Waals surface area contributed by atoms with Crippen LogP contribution in [-0.2, 0) is 0 Å². The molecule has 0 spiro atoms. The van der Waals surface area contributed by atoms with Gasteiger partial charge in [0.05, 0.1) is 5.03 Å². The van der Waals surface area contributed by atoms with Gasteiger partial charge in [0.25, 0.3) is 0 Å². The maximum atomic E-state index is 5.66. The first-order valence-corrected chi connectivity index (χ1v) is 5.85. The summed E-state index contributed by atoms with van der Waals surface area (Å²) in [5.74, 6) is 0. The molecule has 1 aromatic rings. The summed E-state index contributed by atoms with van der Waals surface area (Å²) < 4.78 is 0. The van der Waals surface area contributed by atoms with Crippen LogP contribution in [0.1, 0.15) is 24.6 Å². The van der Waals surface area contributed by atoms with Crippen LogP contribution in [0, 0.1) is 13.8 Å². The Bertz CT molecular complexity index is 275. The van der Waals surface area contributed by atoms with Crippen LogP contribution in [0.25, 0.3) is 0 Å². The summed E-state index contributed by atoms with van der Waals surface area (Å²) in [4.78, 5) is 4.48. The third kappa shape index (κ3) is 3.31. The number of nitrogens with two attached hydrogens (primary N) is 1. The summed E-state index contributed by atoms with van der Waals surface area (Å²) in [6.45, 7) is 7.01. The molecule has 0 amide bonds. The van der Waals surface area contributed by atoms with Gasteiger partial charge >= 0.3 is 0 Å². The second kappa shape index (κ2) is 5.37. The Kier molecular flexibility index (Phi) is 4.42. The quantitative estimate of drug-likeness (QED) is 0.776. The topological polar surface area (TPSA) is 38.9 Å². The third-order valence-corrected chi connectivity index (χ3v) is 3.39. The molecule has 1 heterocycles. The number of aryl methyl sites for hydroxylation is 2. The van der Waals surface area contributed by atoms with Crippen molar-refractivity contribution in [2.45, 2.75) is 37.5 Å². The van der Waals surface area contributed by atoms with Crippen LogP contribution in [0.15, 0.2) is 17.2 Å². The standard InChI is InChI=1S/C11H18N2S/c1-4-10(7-12)14-11-6-8(2)5-9(3)13-11/h5-6,10H,4,7,12H2,1-3H3. The van der Waals surface area contributed by atoms with Gasteiger partial charge in [-0.15, -0.1) is 11.8 Å². The summed E-state index contributed by atoms with van der Waals surface area (Å²) in [6, 6.07) is 4.21. The fourth-order valence-corrected chi connectivity index (χ4v) is 2.39. The molecule has 78 valence electrons. The molecule has 0 bridgehead atoms. The van der Waals surface area contributed by atoms with E-state index in [-0.39, 0.29) is 0 Å². The lowest BCUT2D eigenvalue weighted by Crippen LogP contribution is -2.15. The zero-order chi connectivity index (χ0) is 10.6. The first kappa shape index (κ1) is 11.5. The van der Waals surface area contributed by atoms with Gasteiger partial charge in [-0.05, 0) is 38.0 Å². The molecule has 2 N–H and O–H groups in total. The van der Waals surface area contributed by atoms with Crippen molar-refractivity contribution in [1.82, 2.24) is 4.98 Å². The van der Waals surface area contributed by atoms with Crippen LogP contribution >= 0.6 is 11.8 Å². The molecule has 3 heteroatoms. The Morgan fingerprint density at radius 3 is 2.64 bits per heavy atom. The minimum Gasteiger partial charge on any atom is -0.329 e. The maximum absolute atomic E-state index is 5.66. The van der Waals surface area contributed by atoms with Gasteiger partial charge in [0.15, 0.2) is 0 Å². The van der Waals surface area contributed by atoms with E-state index in [0.717, 1.165) is 23.7 Å². The van der Waals surface area contributed by atoms with Crippen molar-refractivity contribution in [3.63, 3.8) is 0 Å². The Labute approximate surface area is 90.3 Å². The molecule has 2 nitrogen and oxygen atoms in total.